The number of aromatic nitrogens is 5. The molecule has 1 unspecified atom stereocenters. The molecule has 0 spiro atoms. The van der Waals surface area contributed by atoms with Crippen LogP contribution in [0.5, 0.6) is 0 Å². The second-order valence-corrected chi connectivity index (χ2v) is 8.57. The van der Waals surface area contributed by atoms with Crippen LogP contribution in [0, 0.1) is 5.82 Å². The Kier molecular flexibility index (Phi) is 4.58. The van der Waals surface area contributed by atoms with Crippen molar-refractivity contribution in [3.05, 3.63) is 58.3 Å². The van der Waals surface area contributed by atoms with Crippen LogP contribution in [-0.4, -0.2) is 24.8 Å². The Morgan fingerprint density at radius 1 is 1.11 bits per heavy atom. The summed E-state index contributed by atoms with van der Waals surface area (Å²) in [6, 6.07) is 10.1. The van der Waals surface area contributed by atoms with Gasteiger partial charge in [0.15, 0.2) is 11.5 Å². The van der Waals surface area contributed by atoms with E-state index >= 15 is 0 Å². The average molecular weight is 396 g/mol. The lowest BCUT2D eigenvalue weighted by atomic mass is 9.93. The van der Waals surface area contributed by atoms with Crippen molar-refractivity contribution in [2.75, 3.05) is 5.32 Å². The summed E-state index contributed by atoms with van der Waals surface area (Å²) in [5.41, 5.74) is 2.01. The number of nitrogens with one attached hydrogen (secondary N) is 1. The molecular weight excluding hydrogens is 375 g/mol. The molecule has 0 bridgehead atoms. The van der Waals surface area contributed by atoms with Crippen LogP contribution in [0.4, 0.5) is 10.2 Å². The van der Waals surface area contributed by atoms with Gasteiger partial charge in [0.25, 0.3) is 0 Å². The number of thiazole rings is 1. The van der Waals surface area contributed by atoms with Gasteiger partial charge in [0.2, 0.25) is 0 Å². The number of hydrogen-bond acceptors (Lipinski definition) is 6. The highest BCUT2D eigenvalue weighted by molar-refractivity contribution is 7.09. The van der Waals surface area contributed by atoms with Gasteiger partial charge in [0.1, 0.15) is 16.6 Å². The highest BCUT2D eigenvalue weighted by atomic mass is 32.1. The van der Waals surface area contributed by atoms with Crippen molar-refractivity contribution >= 4 is 22.8 Å². The minimum Gasteiger partial charge on any atom is -0.360 e. The normalized spacial score (nSPS) is 13.0. The fraction of sp³-hybridized carbons (Fsp3) is 0.300. The first-order valence-corrected chi connectivity index (χ1v) is 9.91. The Morgan fingerprint density at radius 3 is 2.61 bits per heavy atom. The van der Waals surface area contributed by atoms with E-state index in [4.69, 9.17) is 4.98 Å². The fourth-order valence-electron chi connectivity index (χ4n) is 2.79. The van der Waals surface area contributed by atoms with Crippen molar-refractivity contribution in [3.8, 4) is 11.4 Å². The lowest BCUT2D eigenvalue weighted by molar-refractivity contribution is 0.569. The Hall–Kier alpha value is -2.87. The second-order valence-electron chi connectivity index (χ2n) is 7.68. The van der Waals surface area contributed by atoms with Gasteiger partial charge >= 0.3 is 0 Å². The molecular formula is C20H21FN6S. The summed E-state index contributed by atoms with van der Waals surface area (Å²) in [4.78, 5) is 4.75. The lowest BCUT2D eigenvalue weighted by Crippen LogP contribution is -2.13. The van der Waals surface area contributed by atoms with Crippen LogP contribution in [0.2, 0.25) is 0 Å². The van der Waals surface area contributed by atoms with E-state index < -0.39 is 0 Å². The van der Waals surface area contributed by atoms with E-state index in [0.29, 0.717) is 22.9 Å². The molecule has 8 heteroatoms. The fourth-order valence-corrected chi connectivity index (χ4v) is 3.84. The maximum Gasteiger partial charge on any atom is 0.188 e. The Labute approximate surface area is 166 Å². The molecule has 0 fully saturated rings. The summed E-state index contributed by atoms with van der Waals surface area (Å²) in [5, 5.41) is 19.2. The van der Waals surface area contributed by atoms with Crippen LogP contribution >= 0.6 is 11.3 Å². The summed E-state index contributed by atoms with van der Waals surface area (Å²) in [6.45, 7) is 8.49. The van der Waals surface area contributed by atoms with Crippen LogP contribution in [0.3, 0.4) is 0 Å². The molecule has 4 aromatic rings. The summed E-state index contributed by atoms with van der Waals surface area (Å²) in [6.07, 6.45) is 0. The highest BCUT2D eigenvalue weighted by Crippen LogP contribution is 2.28. The average Bonchev–Trinajstić information content (AvgIpc) is 3.29. The predicted molar refractivity (Wildman–Crippen MR) is 109 cm³/mol. The summed E-state index contributed by atoms with van der Waals surface area (Å²) >= 11 is 1.63. The third-order valence-electron chi connectivity index (χ3n) is 4.40. The van der Waals surface area contributed by atoms with Gasteiger partial charge in [-0.25, -0.2) is 9.37 Å². The molecule has 0 radical (unpaired) electrons. The Morgan fingerprint density at radius 2 is 1.89 bits per heavy atom. The van der Waals surface area contributed by atoms with Crippen molar-refractivity contribution in [2.24, 2.45) is 0 Å². The van der Waals surface area contributed by atoms with Gasteiger partial charge in [0, 0.05) is 10.8 Å². The maximum absolute atomic E-state index is 14.2. The van der Waals surface area contributed by atoms with E-state index in [1.54, 1.807) is 34.1 Å². The molecule has 1 atom stereocenters. The van der Waals surface area contributed by atoms with Crippen molar-refractivity contribution in [2.45, 2.75) is 39.2 Å². The zero-order valence-electron chi connectivity index (χ0n) is 16.1. The number of hydrogen-bond donors (Lipinski definition) is 1. The van der Waals surface area contributed by atoms with Crippen molar-refractivity contribution in [1.29, 1.82) is 0 Å². The van der Waals surface area contributed by atoms with E-state index in [-0.39, 0.29) is 17.3 Å². The molecule has 4 rings (SSSR count). The molecule has 1 aromatic carbocycles. The summed E-state index contributed by atoms with van der Waals surface area (Å²) in [5.74, 6) is 0.654. The van der Waals surface area contributed by atoms with E-state index in [0.717, 1.165) is 10.7 Å². The first-order chi connectivity index (χ1) is 13.3. The zero-order chi connectivity index (χ0) is 19.9. The lowest BCUT2D eigenvalue weighted by Gasteiger charge is -2.15. The molecule has 144 valence electrons. The third kappa shape index (κ3) is 3.47. The molecule has 3 aromatic heterocycles. The molecule has 6 nitrogen and oxygen atoms in total. The van der Waals surface area contributed by atoms with Gasteiger partial charge < -0.3 is 5.32 Å². The van der Waals surface area contributed by atoms with Crippen LogP contribution in [0.15, 0.2) is 41.8 Å². The molecule has 0 aliphatic rings. The van der Waals surface area contributed by atoms with Crippen LogP contribution < -0.4 is 5.32 Å². The Bertz CT molecular complexity index is 1130. The maximum atomic E-state index is 14.2. The molecule has 0 amide bonds. The molecule has 0 saturated heterocycles. The minimum absolute atomic E-state index is 0.0144. The van der Waals surface area contributed by atoms with Gasteiger partial charge in [-0.3, -0.25) is 0 Å². The number of anilines is 1. The first kappa shape index (κ1) is 18.5. The molecule has 28 heavy (non-hydrogen) atoms. The summed E-state index contributed by atoms with van der Waals surface area (Å²) in [7, 11) is 0. The van der Waals surface area contributed by atoms with Crippen molar-refractivity contribution in [3.63, 3.8) is 0 Å². The molecule has 1 N–H and O–H groups in total. The number of nitrogens with zero attached hydrogens (tertiary/aromatic N) is 5. The van der Waals surface area contributed by atoms with Gasteiger partial charge in [-0.2, -0.15) is 4.52 Å². The molecule has 0 aliphatic carbocycles. The van der Waals surface area contributed by atoms with E-state index in [1.165, 1.54) is 6.07 Å². The van der Waals surface area contributed by atoms with Gasteiger partial charge in [-0.1, -0.05) is 32.9 Å². The zero-order valence-corrected chi connectivity index (χ0v) is 17.0. The largest absolute Gasteiger partial charge is 0.360 e. The predicted octanol–water partition coefficient (Wildman–Crippen LogP) is 4.86. The molecule has 0 aliphatic heterocycles. The third-order valence-corrected chi connectivity index (χ3v) is 5.43. The number of rotatable bonds is 4. The van der Waals surface area contributed by atoms with Crippen molar-refractivity contribution in [1.82, 2.24) is 24.8 Å². The van der Waals surface area contributed by atoms with Crippen LogP contribution in [0.1, 0.15) is 44.4 Å². The quantitative estimate of drug-likeness (QED) is 0.534. The smallest absolute Gasteiger partial charge is 0.188 e. The van der Waals surface area contributed by atoms with E-state index in [9.17, 15) is 4.39 Å². The minimum atomic E-state index is -0.358. The Balaban J connectivity index is 1.64. The summed E-state index contributed by atoms with van der Waals surface area (Å²) < 4.78 is 15.7. The number of fused-ring (bicyclic) bond motifs is 1. The van der Waals surface area contributed by atoms with E-state index in [1.807, 2.05) is 19.1 Å². The number of halogens is 1. The topological polar surface area (TPSA) is 68.0 Å². The SMILES string of the molecule is CC(Nc1ccc2nnc(-c3ccccc3F)n2n1)c1nc(C(C)(C)C)cs1. The van der Waals surface area contributed by atoms with Crippen LogP contribution in [-0.2, 0) is 5.41 Å². The standard InChI is InChI=1S/C20H21FN6S/c1-12(19-23-15(11-28-19)20(2,3)4)22-16-9-10-17-24-25-18(27(17)26-16)13-7-5-6-8-14(13)21/h5-12H,1-4H3,(H,22,26). The van der Waals surface area contributed by atoms with E-state index in [2.05, 4.69) is 46.8 Å². The van der Waals surface area contributed by atoms with Crippen molar-refractivity contribution < 1.29 is 4.39 Å². The van der Waals surface area contributed by atoms with Gasteiger partial charge in [-0.05, 0) is 31.2 Å². The highest BCUT2D eigenvalue weighted by Gasteiger charge is 2.20. The second kappa shape index (κ2) is 6.94. The van der Waals surface area contributed by atoms with Crippen LogP contribution in [0.25, 0.3) is 17.0 Å². The first-order valence-electron chi connectivity index (χ1n) is 9.03. The number of benzene rings is 1. The molecule has 0 saturated carbocycles. The van der Waals surface area contributed by atoms with Gasteiger partial charge in [0.05, 0.1) is 17.3 Å². The monoisotopic (exact) mass is 396 g/mol. The molecule has 3 heterocycles. The van der Waals surface area contributed by atoms with Gasteiger partial charge in [-0.15, -0.1) is 26.6 Å².